The van der Waals surface area contributed by atoms with Crippen LogP contribution < -0.4 is 15.5 Å². The Balaban J connectivity index is 1.59. The van der Waals surface area contributed by atoms with E-state index in [1.165, 1.54) is 11.0 Å². The fourth-order valence-corrected chi connectivity index (χ4v) is 3.88. The third kappa shape index (κ3) is 5.07. The number of amides is 3. The van der Waals surface area contributed by atoms with E-state index in [0.29, 0.717) is 17.1 Å². The highest BCUT2D eigenvalue weighted by Crippen LogP contribution is 2.33. The molecule has 0 radical (unpaired) electrons. The van der Waals surface area contributed by atoms with Crippen molar-refractivity contribution in [2.45, 2.75) is 33.2 Å². The first-order valence-corrected chi connectivity index (χ1v) is 11.2. The lowest BCUT2D eigenvalue weighted by atomic mass is 10.0. The van der Waals surface area contributed by atoms with Gasteiger partial charge in [0.25, 0.3) is 5.91 Å². The van der Waals surface area contributed by atoms with E-state index < -0.39 is 11.9 Å². The lowest BCUT2D eigenvalue weighted by Gasteiger charge is -2.35. The fraction of sp³-hybridized carbons (Fsp3) is 0.179. The Morgan fingerprint density at radius 3 is 2.44 bits per heavy atom. The van der Waals surface area contributed by atoms with E-state index in [-0.39, 0.29) is 18.2 Å². The van der Waals surface area contributed by atoms with E-state index in [1.54, 1.807) is 30.3 Å². The summed E-state index contributed by atoms with van der Waals surface area (Å²) in [5, 5.41) is 5.67. The monoisotopic (exact) mass is 453 g/mol. The van der Waals surface area contributed by atoms with Gasteiger partial charge in [-0.2, -0.15) is 0 Å². The number of rotatable bonds is 5. The van der Waals surface area contributed by atoms with Gasteiger partial charge in [-0.05, 0) is 67.8 Å². The van der Waals surface area contributed by atoms with E-state index in [1.807, 2.05) is 63.2 Å². The largest absolute Gasteiger partial charge is 0.326 e. The molecule has 34 heavy (non-hydrogen) atoms. The molecular weight excluding hydrogens is 426 g/mol. The zero-order chi connectivity index (χ0) is 24.2. The van der Waals surface area contributed by atoms with Gasteiger partial charge in [0.05, 0.1) is 17.8 Å². The molecule has 0 bridgehead atoms. The number of nitrogens with zero attached hydrogens (tertiary/aromatic N) is 1. The van der Waals surface area contributed by atoms with Gasteiger partial charge in [-0.15, -0.1) is 0 Å². The first-order valence-electron chi connectivity index (χ1n) is 11.2. The summed E-state index contributed by atoms with van der Waals surface area (Å²) in [4.78, 5) is 40.5. The number of carbonyl (C=O) groups excluding carboxylic acids is 3. The van der Waals surface area contributed by atoms with Crippen LogP contribution in [0.25, 0.3) is 6.08 Å². The average Bonchev–Trinajstić information content (AvgIpc) is 2.81. The normalized spacial score (nSPS) is 15.1. The van der Waals surface area contributed by atoms with Crippen molar-refractivity contribution in [1.29, 1.82) is 0 Å². The summed E-state index contributed by atoms with van der Waals surface area (Å²) in [6, 6.07) is 19.5. The summed E-state index contributed by atoms with van der Waals surface area (Å²) >= 11 is 0. The molecule has 0 aromatic heterocycles. The second kappa shape index (κ2) is 9.75. The van der Waals surface area contributed by atoms with Gasteiger partial charge >= 0.3 is 0 Å². The van der Waals surface area contributed by atoms with Crippen molar-refractivity contribution < 1.29 is 14.4 Å². The van der Waals surface area contributed by atoms with Crippen molar-refractivity contribution in [2.24, 2.45) is 0 Å². The number of benzene rings is 3. The predicted molar refractivity (Wildman–Crippen MR) is 136 cm³/mol. The number of aryl methyl sites for hydroxylation is 3. The van der Waals surface area contributed by atoms with Gasteiger partial charge in [0, 0.05) is 11.8 Å². The molecule has 1 unspecified atom stereocenters. The summed E-state index contributed by atoms with van der Waals surface area (Å²) in [5.41, 5.74) is 5.93. The molecule has 3 aromatic rings. The molecule has 1 aliphatic heterocycles. The van der Waals surface area contributed by atoms with Gasteiger partial charge in [0.1, 0.15) is 6.04 Å². The molecule has 1 atom stereocenters. The molecular formula is C28H27N3O3. The topological polar surface area (TPSA) is 78.5 Å². The van der Waals surface area contributed by atoms with Crippen LogP contribution in [0.4, 0.5) is 17.1 Å². The molecule has 3 aromatic carbocycles. The summed E-state index contributed by atoms with van der Waals surface area (Å²) < 4.78 is 0. The van der Waals surface area contributed by atoms with Crippen LogP contribution in [0.2, 0.25) is 0 Å². The van der Waals surface area contributed by atoms with Gasteiger partial charge in [-0.3, -0.25) is 19.3 Å². The second-order valence-corrected chi connectivity index (χ2v) is 8.53. The van der Waals surface area contributed by atoms with Gasteiger partial charge in [0.15, 0.2) is 0 Å². The van der Waals surface area contributed by atoms with Crippen molar-refractivity contribution in [1.82, 2.24) is 0 Å². The van der Waals surface area contributed by atoms with Crippen LogP contribution in [0.5, 0.6) is 0 Å². The standard InChI is InChI=1S/C28H27N3O3/c1-18-8-11-21(12-9-18)13-15-27(33)31-24-7-5-4-6-23(24)30-28(34)25(31)17-26(32)29-22-14-10-19(2)20(3)16-22/h4-16,25H,17H2,1-3H3,(H,29,32)(H,30,34)/b15-13+. The van der Waals surface area contributed by atoms with Crippen LogP contribution in [-0.2, 0) is 14.4 Å². The van der Waals surface area contributed by atoms with Gasteiger partial charge in [-0.1, -0.05) is 48.0 Å². The second-order valence-electron chi connectivity index (χ2n) is 8.53. The minimum absolute atomic E-state index is 0.169. The molecule has 1 aliphatic rings. The number of hydrogen-bond acceptors (Lipinski definition) is 3. The number of para-hydroxylation sites is 2. The number of nitrogens with one attached hydrogen (secondary N) is 2. The Morgan fingerprint density at radius 2 is 1.71 bits per heavy atom. The fourth-order valence-electron chi connectivity index (χ4n) is 3.88. The van der Waals surface area contributed by atoms with Crippen LogP contribution in [-0.4, -0.2) is 23.8 Å². The van der Waals surface area contributed by atoms with Gasteiger partial charge in [-0.25, -0.2) is 0 Å². The zero-order valence-electron chi connectivity index (χ0n) is 19.5. The SMILES string of the molecule is Cc1ccc(/C=C/C(=O)N2c3ccccc3NC(=O)C2CC(=O)Nc2ccc(C)c(C)c2)cc1. The highest BCUT2D eigenvalue weighted by molar-refractivity contribution is 6.16. The Labute approximate surface area is 199 Å². The molecule has 172 valence electrons. The average molecular weight is 454 g/mol. The summed E-state index contributed by atoms with van der Waals surface area (Å²) in [7, 11) is 0. The molecule has 0 aliphatic carbocycles. The van der Waals surface area contributed by atoms with E-state index in [2.05, 4.69) is 10.6 Å². The Bertz CT molecular complexity index is 1280. The smallest absolute Gasteiger partial charge is 0.251 e. The summed E-state index contributed by atoms with van der Waals surface area (Å²) in [6.07, 6.45) is 2.98. The number of fused-ring (bicyclic) bond motifs is 1. The van der Waals surface area contributed by atoms with Crippen molar-refractivity contribution >= 4 is 40.9 Å². The number of anilines is 3. The molecule has 6 heteroatoms. The highest BCUT2D eigenvalue weighted by Gasteiger charge is 2.37. The highest BCUT2D eigenvalue weighted by atomic mass is 16.2. The maximum absolute atomic E-state index is 13.3. The van der Waals surface area contributed by atoms with Crippen molar-refractivity contribution in [3.05, 3.63) is 95.1 Å². The predicted octanol–water partition coefficient (Wildman–Crippen LogP) is 5.01. The van der Waals surface area contributed by atoms with Crippen LogP contribution in [0.3, 0.4) is 0 Å². The minimum Gasteiger partial charge on any atom is -0.326 e. The molecule has 0 saturated heterocycles. The molecule has 3 amide bonds. The Morgan fingerprint density at radius 1 is 0.971 bits per heavy atom. The minimum atomic E-state index is -0.975. The molecule has 0 fully saturated rings. The molecule has 0 saturated carbocycles. The quantitative estimate of drug-likeness (QED) is 0.533. The maximum atomic E-state index is 13.3. The number of carbonyl (C=O) groups is 3. The molecule has 2 N–H and O–H groups in total. The van der Waals surface area contributed by atoms with Crippen LogP contribution in [0.15, 0.2) is 72.8 Å². The van der Waals surface area contributed by atoms with E-state index in [0.717, 1.165) is 22.3 Å². The van der Waals surface area contributed by atoms with Crippen LogP contribution in [0.1, 0.15) is 28.7 Å². The van der Waals surface area contributed by atoms with Crippen LogP contribution >= 0.6 is 0 Å². The number of hydrogen-bond donors (Lipinski definition) is 2. The first kappa shape index (κ1) is 23.0. The lowest BCUT2D eigenvalue weighted by Crippen LogP contribution is -2.52. The third-order valence-corrected chi connectivity index (χ3v) is 5.94. The summed E-state index contributed by atoms with van der Waals surface area (Å²) in [6.45, 7) is 5.96. The van der Waals surface area contributed by atoms with Gasteiger partial charge < -0.3 is 10.6 Å². The van der Waals surface area contributed by atoms with Crippen molar-refractivity contribution in [2.75, 3.05) is 15.5 Å². The first-order chi connectivity index (χ1) is 16.3. The van der Waals surface area contributed by atoms with E-state index >= 15 is 0 Å². The Hall–Kier alpha value is -4.19. The van der Waals surface area contributed by atoms with Gasteiger partial charge in [0.2, 0.25) is 11.8 Å². The third-order valence-electron chi connectivity index (χ3n) is 5.94. The van der Waals surface area contributed by atoms with E-state index in [4.69, 9.17) is 0 Å². The molecule has 0 spiro atoms. The molecule has 4 rings (SSSR count). The van der Waals surface area contributed by atoms with E-state index in [9.17, 15) is 14.4 Å². The van der Waals surface area contributed by atoms with Crippen molar-refractivity contribution in [3.8, 4) is 0 Å². The lowest BCUT2D eigenvalue weighted by molar-refractivity contribution is -0.124. The maximum Gasteiger partial charge on any atom is 0.251 e. The van der Waals surface area contributed by atoms with Crippen molar-refractivity contribution in [3.63, 3.8) is 0 Å². The summed E-state index contributed by atoms with van der Waals surface area (Å²) in [5.74, 6) is -1.11. The van der Waals surface area contributed by atoms with Crippen LogP contribution in [0, 0.1) is 20.8 Å². The Kier molecular flexibility index (Phi) is 6.59. The molecule has 6 nitrogen and oxygen atoms in total. The molecule has 1 heterocycles. The zero-order valence-corrected chi connectivity index (χ0v) is 19.5.